The van der Waals surface area contributed by atoms with E-state index >= 15 is 0 Å². The summed E-state index contributed by atoms with van der Waals surface area (Å²) < 4.78 is 17.8. The average Bonchev–Trinajstić information content (AvgIpc) is 2.80. The normalized spacial score (nSPS) is 12.3. The molecule has 2 aromatic rings. The zero-order valence-electron chi connectivity index (χ0n) is 11.4. The first-order chi connectivity index (χ1) is 10.0. The third-order valence-corrected chi connectivity index (χ3v) is 3.05. The topological polar surface area (TPSA) is 91.4 Å². The second-order valence-corrected chi connectivity index (χ2v) is 4.59. The summed E-state index contributed by atoms with van der Waals surface area (Å²) in [5, 5.41) is 12.0. The molecule has 7 heteroatoms. The number of hydrogen-bond acceptors (Lipinski definition) is 3. The van der Waals surface area contributed by atoms with E-state index in [-0.39, 0.29) is 18.8 Å². The summed E-state index contributed by atoms with van der Waals surface area (Å²) in [6.45, 7) is -0.111. The molecule has 21 heavy (non-hydrogen) atoms. The Balaban J connectivity index is 2.09. The molecule has 0 spiro atoms. The van der Waals surface area contributed by atoms with Gasteiger partial charge in [-0.3, -0.25) is 4.79 Å². The Labute approximate surface area is 119 Å². The Morgan fingerprint density at radius 2 is 2.24 bits per heavy atom. The molecule has 0 bridgehead atoms. The number of carbonyl (C=O) groups excluding carboxylic acids is 1. The van der Waals surface area contributed by atoms with Crippen molar-refractivity contribution in [1.29, 1.82) is 0 Å². The summed E-state index contributed by atoms with van der Waals surface area (Å²) in [7, 11) is 1.36. The SMILES string of the molecule is COCC(NC(=O)Cc1c[nH]c2cc(F)ccc12)C(=O)O. The minimum Gasteiger partial charge on any atom is -0.480 e. The number of aromatic amines is 1. The first kappa shape index (κ1) is 15.0. The van der Waals surface area contributed by atoms with Gasteiger partial charge in [-0.1, -0.05) is 0 Å². The summed E-state index contributed by atoms with van der Waals surface area (Å²) >= 11 is 0. The van der Waals surface area contributed by atoms with E-state index in [0.717, 1.165) is 5.39 Å². The van der Waals surface area contributed by atoms with Crippen molar-refractivity contribution < 1.29 is 23.8 Å². The quantitative estimate of drug-likeness (QED) is 0.743. The summed E-state index contributed by atoms with van der Waals surface area (Å²) in [4.78, 5) is 25.7. The average molecular weight is 294 g/mol. The highest BCUT2D eigenvalue weighted by atomic mass is 19.1. The van der Waals surface area contributed by atoms with Crippen LogP contribution in [0.15, 0.2) is 24.4 Å². The molecular weight excluding hydrogens is 279 g/mol. The number of H-pyrrole nitrogens is 1. The van der Waals surface area contributed by atoms with Crippen LogP contribution in [0.3, 0.4) is 0 Å². The van der Waals surface area contributed by atoms with Crippen molar-refractivity contribution in [2.75, 3.05) is 13.7 Å². The molecule has 1 atom stereocenters. The van der Waals surface area contributed by atoms with Gasteiger partial charge in [0.25, 0.3) is 0 Å². The third kappa shape index (κ3) is 3.57. The number of aromatic nitrogens is 1. The standard InChI is InChI=1S/C14H15FN2O4/c1-21-7-12(14(19)20)17-13(18)4-8-6-16-11-5-9(15)2-3-10(8)11/h2-3,5-6,12,16H,4,7H2,1H3,(H,17,18)(H,19,20). The fraction of sp³-hybridized carbons (Fsp3) is 0.286. The molecule has 0 aliphatic heterocycles. The van der Waals surface area contributed by atoms with Gasteiger partial charge in [0.2, 0.25) is 5.91 Å². The number of benzene rings is 1. The molecule has 112 valence electrons. The largest absolute Gasteiger partial charge is 0.480 e. The lowest BCUT2D eigenvalue weighted by atomic mass is 10.1. The van der Waals surface area contributed by atoms with Crippen molar-refractivity contribution in [1.82, 2.24) is 10.3 Å². The molecule has 6 nitrogen and oxygen atoms in total. The highest BCUT2D eigenvalue weighted by molar-refractivity contribution is 5.90. The molecular formula is C14H15FN2O4. The summed E-state index contributed by atoms with van der Waals surface area (Å²) in [6, 6.07) is 3.13. The van der Waals surface area contributed by atoms with Crippen molar-refractivity contribution in [3.8, 4) is 0 Å². The molecule has 0 aliphatic carbocycles. The third-order valence-electron chi connectivity index (χ3n) is 3.05. The predicted octanol–water partition coefficient (Wildman–Crippen LogP) is 1.07. The van der Waals surface area contributed by atoms with Crippen molar-refractivity contribution in [2.24, 2.45) is 0 Å². The van der Waals surface area contributed by atoms with E-state index in [0.29, 0.717) is 11.1 Å². The summed E-state index contributed by atoms with van der Waals surface area (Å²) in [6.07, 6.45) is 1.61. The van der Waals surface area contributed by atoms with Gasteiger partial charge in [0.05, 0.1) is 13.0 Å². The molecule has 0 saturated heterocycles. The maximum atomic E-state index is 13.1. The highest BCUT2D eigenvalue weighted by Crippen LogP contribution is 2.19. The van der Waals surface area contributed by atoms with Gasteiger partial charge in [0, 0.05) is 24.2 Å². The first-order valence-corrected chi connectivity index (χ1v) is 6.28. The van der Waals surface area contributed by atoms with E-state index < -0.39 is 17.9 Å². The number of methoxy groups -OCH3 is 1. The Hall–Kier alpha value is -2.41. The molecule has 0 fully saturated rings. The van der Waals surface area contributed by atoms with Crippen molar-refractivity contribution in [2.45, 2.75) is 12.5 Å². The number of amides is 1. The lowest BCUT2D eigenvalue weighted by molar-refractivity contribution is -0.143. The number of halogens is 1. The van der Waals surface area contributed by atoms with Gasteiger partial charge >= 0.3 is 5.97 Å². The number of carboxylic acids is 1. The minimum absolute atomic E-state index is 0.000866. The monoisotopic (exact) mass is 294 g/mol. The van der Waals surface area contributed by atoms with E-state index in [1.54, 1.807) is 12.3 Å². The molecule has 0 aliphatic rings. The van der Waals surface area contributed by atoms with Crippen molar-refractivity contribution in [3.05, 3.63) is 35.8 Å². The first-order valence-electron chi connectivity index (χ1n) is 6.28. The molecule has 1 heterocycles. The van der Waals surface area contributed by atoms with E-state index in [4.69, 9.17) is 9.84 Å². The number of rotatable bonds is 6. The predicted molar refractivity (Wildman–Crippen MR) is 73.4 cm³/mol. The zero-order valence-corrected chi connectivity index (χ0v) is 11.4. The van der Waals surface area contributed by atoms with Crippen LogP contribution >= 0.6 is 0 Å². The number of carbonyl (C=O) groups is 2. The Kier molecular flexibility index (Phi) is 4.54. The smallest absolute Gasteiger partial charge is 0.328 e. The fourth-order valence-electron chi connectivity index (χ4n) is 2.06. The van der Waals surface area contributed by atoms with Crippen LogP contribution in [0.5, 0.6) is 0 Å². The number of hydrogen-bond donors (Lipinski definition) is 3. The van der Waals surface area contributed by atoms with Crippen LogP contribution in [0.2, 0.25) is 0 Å². The Morgan fingerprint density at radius 1 is 1.48 bits per heavy atom. The van der Waals surface area contributed by atoms with E-state index in [2.05, 4.69) is 10.3 Å². The van der Waals surface area contributed by atoms with Gasteiger partial charge in [0.1, 0.15) is 5.82 Å². The van der Waals surface area contributed by atoms with Gasteiger partial charge in [-0.25, -0.2) is 9.18 Å². The van der Waals surface area contributed by atoms with E-state index in [1.807, 2.05) is 0 Å². The molecule has 1 aromatic carbocycles. The fourth-order valence-corrected chi connectivity index (χ4v) is 2.06. The van der Waals surface area contributed by atoms with Crippen LogP contribution in [0.25, 0.3) is 10.9 Å². The maximum Gasteiger partial charge on any atom is 0.328 e. The molecule has 1 unspecified atom stereocenters. The van der Waals surface area contributed by atoms with Gasteiger partial charge in [0.15, 0.2) is 6.04 Å². The van der Waals surface area contributed by atoms with Crippen molar-refractivity contribution in [3.63, 3.8) is 0 Å². The van der Waals surface area contributed by atoms with Crippen LogP contribution < -0.4 is 5.32 Å². The number of carboxylic acid groups (broad SMARTS) is 1. The number of nitrogens with one attached hydrogen (secondary N) is 2. The Bertz CT molecular complexity index is 668. The minimum atomic E-state index is -1.16. The zero-order chi connectivity index (χ0) is 15.4. The highest BCUT2D eigenvalue weighted by Gasteiger charge is 2.20. The lowest BCUT2D eigenvalue weighted by Crippen LogP contribution is -2.44. The van der Waals surface area contributed by atoms with Crippen LogP contribution in [0, 0.1) is 5.82 Å². The second kappa shape index (κ2) is 6.36. The van der Waals surface area contributed by atoms with Crippen LogP contribution in [0.1, 0.15) is 5.56 Å². The van der Waals surface area contributed by atoms with Crippen LogP contribution in [0.4, 0.5) is 4.39 Å². The summed E-state index contributed by atoms with van der Waals surface area (Å²) in [5.41, 5.74) is 1.26. The molecule has 0 saturated carbocycles. The maximum absolute atomic E-state index is 13.1. The van der Waals surface area contributed by atoms with E-state index in [1.165, 1.54) is 19.2 Å². The molecule has 0 radical (unpaired) electrons. The van der Waals surface area contributed by atoms with Gasteiger partial charge < -0.3 is 20.1 Å². The van der Waals surface area contributed by atoms with Gasteiger partial charge in [-0.15, -0.1) is 0 Å². The molecule has 2 rings (SSSR count). The molecule has 3 N–H and O–H groups in total. The van der Waals surface area contributed by atoms with Gasteiger partial charge in [-0.2, -0.15) is 0 Å². The van der Waals surface area contributed by atoms with Crippen LogP contribution in [-0.4, -0.2) is 41.7 Å². The number of fused-ring (bicyclic) bond motifs is 1. The number of ether oxygens (including phenoxy) is 1. The van der Waals surface area contributed by atoms with E-state index in [9.17, 15) is 14.0 Å². The molecule has 1 aromatic heterocycles. The second-order valence-electron chi connectivity index (χ2n) is 4.59. The van der Waals surface area contributed by atoms with Gasteiger partial charge in [-0.05, 0) is 23.8 Å². The van der Waals surface area contributed by atoms with Crippen molar-refractivity contribution >= 4 is 22.8 Å². The Morgan fingerprint density at radius 3 is 2.90 bits per heavy atom. The van der Waals surface area contributed by atoms with Crippen LogP contribution in [-0.2, 0) is 20.7 Å². The number of aliphatic carboxylic acids is 1. The lowest BCUT2D eigenvalue weighted by Gasteiger charge is -2.13. The summed E-state index contributed by atoms with van der Waals surface area (Å²) in [5.74, 6) is -1.97. The molecule has 1 amide bonds.